The van der Waals surface area contributed by atoms with E-state index in [0.717, 1.165) is 55.9 Å². The van der Waals surface area contributed by atoms with Gasteiger partial charge in [0.05, 0.1) is 0 Å². The monoisotopic (exact) mass is 456 g/mol. The number of hydrogen-bond donors (Lipinski definition) is 2. The number of carbonyl (C=O) groups is 2. The minimum Gasteiger partial charge on any atom is -0.348 e. The van der Waals surface area contributed by atoms with Crippen LogP contribution in [-0.4, -0.2) is 40.8 Å². The van der Waals surface area contributed by atoms with Crippen LogP contribution in [0.2, 0.25) is 0 Å². The molecular formula is C23H22F2N4O2S. The van der Waals surface area contributed by atoms with Crippen LogP contribution in [0.15, 0.2) is 53.9 Å². The Kier molecular flexibility index (Phi) is 6.87. The Morgan fingerprint density at radius 3 is 2.38 bits per heavy atom. The summed E-state index contributed by atoms with van der Waals surface area (Å²) < 4.78 is 27.5. The predicted octanol–water partition coefficient (Wildman–Crippen LogP) is 4.07. The molecule has 9 heteroatoms. The number of carbonyl (C=O) groups excluding carboxylic acids is 2. The molecule has 6 nitrogen and oxygen atoms in total. The van der Waals surface area contributed by atoms with Crippen LogP contribution in [0.25, 0.3) is 0 Å². The molecule has 4 rings (SSSR count). The van der Waals surface area contributed by atoms with Crippen molar-refractivity contribution in [1.29, 1.82) is 0 Å². The Bertz CT molecular complexity index is 1080. The standard InChI is InChI=1S/C23H22F2N4O2S/c24-17-7-4-8-18(25)20(17)22(31)28-23-27-19(14-32-23)21(30)26-16-9-11-29(12-10-16)13-15-5-2-1-3-6-15/h1-8,14,16H,9-13H2,(H,26,30)(H,27,28,31). The summed E-state index contributed by atoms with van der Waals surface area (Å²) in [4.78, 5) is 31.2. The van der Waals surface area contributed by atoms with Crippen LogP contribution in [-0.2, 0) is 6.54 Å². The number of thiazole rings is 1. The van der Waals surface area contributed by atoms with Crippen molar-refractivity contribution in [2.75, 3.05) is 18.4 Å². The fraction of sp³-hybridized carbons (Fsp3) is 0.261. The zero-order valence-corrected chi connectivity index (χ0v) is 18.0. The van der Waals surface area contributed by atoms with E-state index in [-0.39, 0.29) is 22.8 Å². The smallest absolute Gasteiger partial charge is 0.271 e. The van der Waals surface area contributed by atoms with Crippen molar-refractivity contribution in [2.45, 2.75) is 25.4 Å². The maximum absolute atomic E-state index is 13.8. The largest absolute Gasteiger partial charge is 0.348 e. The zero-order valence-electron chi connectivity index (χ0n) is 17.2. The maximum Gasteiger partial charge on any atom is 0.271 e. The number of piperidine rings is 1. The molecule has 2 amide bonds. The van der Waals surface area contributed by atoms with Gasteiger partial charge in [0.25, 0.3) is 11.8 Å². The first-order chi connectivity index (χ1) is 15.5. The summed E-state index contributed by atoms with van der Waals surface area (Å²) in [5, 5.41) is 6.94. The zero-order chi connectivity index (χ0) is 22.5. The molecule has 1 aliphatic heterocycles. The van der Waals surface area contributed by atoms with Crippen molar-refractivity contribution in [3.63, 3.8) is 0 Å². The van der Waals surface area contributed by atoms with Gasteiger partial charge in [0, 0.05) is 31.1 Å². The second kappa shape index (κ2) is 9.97. The number of rotatable bonds is 6. The number of benzene rings is 2. The van der Waals surface area contributed by atoms with Gasteiger partial charge in [-0.15, -0.1) is 11.3 Å². The van der Waals surface area contributed by atoms with Crippen LogP contribution >= 0.6 is 11.3 Å². The number of halogens is 2. The highest BCUT2D eigenvalue weighted by Gasteiger charge is 2.23. The van der Waals surface area contributed by atoms with Crippen molar-refractivity contribution < 1.29 is 18.4 Å². The van der Waals surface area contributed by atoms with Crippen LogP contribution in [0.5, 0.6) is 0 Å². The highest BCUT2D eigenvalue weighted by atomic mass is 32.1. The number of nitrogens with one attached hydrogen (secondary N) is 2. The summed E-state index contributed by atoms with van der Waals surface area (Å²) in [5.41, 5.74) is 0.740. The van der Waals surface area contributed by atoms with Gasteiger partial charge in [0.15, 0.2) is 5.13 Å². The molecule has 2 heterocycles. The van der Waals surface area contributed by atoms with Crippen molar-refractivity contribution in [3.05, 3.63) is 82.4 Å². The molecule has 2 N–H and O–H groups in total. The predicted molar refractivity (Wildman–Crippen MR) is 119 cm³/mol. The quantitative estimate of drug-likeness (QED) is 0.587. The lowest BCUT2D eigenvalue weighted by molar-refractivity contribution is 0.0903. The number of nitrogens with zero attached hydrogens (tertiary/aromatic N) is 2. The molecule has 166 valence electrons. The number of hydrogen-bond acceptors (Lipinski definition) is 5. The molecule has 1 aromatic heterocycles. The van der Waals surface area contributed by atoms with Crippen LogP contribution in [0, 0.1) is 11.6 Å². The third-order valence-electron chi connectivity index (χ3n) is 5.32. The van der Waals surface area contributed by atoms with Gasteiger partial charge < -0.3 is 5.32 Å². The van der Waals surface area contributed by atoms with Gasteiger partial charge in [-0.1, -0.05) is 36.4 Å². The molecule has 0 atom stereocenters. The summed E-state index contributed by atoms with van der Waals surface area (Å²) in [6.07, 6.45) is 1.66. The van der Waals surface area contributed by atoms with Crippen molar-refractivity contribution in [1.82, 2.24) is 15.2 Å². The van der Waals surface area contributed by atoms with Gasteiger partial charge in [0.2, 0.25) is 0 Å². The van der Waals surface area contributed by atoms with E-state index < -0.39 is 23.1 Å². The van der Waals surface area contributed by atoms with E-state index >= 15 is 0 Å². The molecule has 0 spiro atoms. The second-order valence-electron chi connectivity index (χ2n) is 7.60. The van der Waals surface area contributed by atoms with Crippen LogP contribution in [0.3, 0.4) is 0 Å². The molecule has 0 saturated carbocycles. The van der Waals surface area contributed by atoms with Crippen LogP contribution in [0.4, 0.5) is 13.9 Å². The van der Waals surface area contributed by atoms with Gasteiger partial charge in [-0.3, -0.25) is 19.8 Å². The molecule has 0 bridgehead atoms. The van der Waals surface area contributed by atoms with Crippen LogP contribution in [0.1, 0.15) is 39.3 Å². The van der Waals surface area contributed by atoms with Crippen LogP contribution < -0.4 is 10.6 Å². The summed E-state index contributed by atoms with van der Waals surface area (Å²) in [7, 11) is 0. The highest BCUT2D eigenvalue weighted by Crippen LogP contribution is 2.20. The third kappa shape index (κ3) is 5.35. The van der Waals surface area contributed by atoms with Crippen molar-refractivity contribution in [3.8, 4) is 0 Å². The van der Waals surface area contributed by atoms with Gasteiger partial charge in [-0.05, 0) is 30.5 Å². The van der Waals surface area contributed by atoms with Crippen molar-refractivity contribution >= 4 is 28.3 Å². The maximum atomic E-state index is 13.8. The van der Waals surface area contributed by atoms with E-state index in [0.29, 0.717) is 0 Å². The van der Waals surface area contributed by atoms with Gasteiger partial charge >= 0.3 is 0 Å². The normalized spacial score (nSPS) is 14.8. The molecule has 32 heavy (non-hydrogen) atoms. The number of aromatic nitrogens is 1. The first-order valence-corrected chi connectivity index (χ1v) is 11.2. The molecule has 1 aliphatic rings. The Hall–Kier alpha value is -3.17. The van der Waals surface area contributed by atoms with E-state index in [4.69, 9.17) is 0 Å². The average molecular weight is 457 g/mol. The van der Waals surface area contributed by atoms with E-state index in [9.17, 15) is 18.4 Å². The number of likely N-dealkylation sites (tertiary alicyclic amines) is 1. The topological polar surface area (TPSA) is 74.3 Å². The van der Waals surface area contributed by atoms with E-state index in [2.05, 4.69) is 32.7 Å². The first-order valence-electron chi connectivity index (χ1n) is 10.3. The SMILES string of the molecule is O=C(NC1CCN(Cc2ccccc2)CC1)c1csc(NC(=O)c2c(F)cccc2F)n1. The molecular weight excluding hydrogens is 434 g/mol. The molecule has 2 aromatic carbocycles. The van der Waals surface area contributed by atoms with E-state index in [1.807, 2.05) is 18.2 Å². The summed E-state index contributed by atoms with van der Waals surface area (Å²) >= 11 is 1.02. The minimum atomic E-state index is -0.962. The minimum absolute atomic E-state index is 0.0433. The molecule has 1 saturated heterocycles. The Balaban J connectivity index is 1.28. The van der Waals surface area contributed by atoms with E-state index in [1.165, 1.54) is 17.0 Å². The summed E-state index contributed by atoms with van der Waals surface area (Å²) in [5.74, 6) is -3.21. The lowest BCUT2D eigenvalue weighted by Gasteiger charge is -2.32. The number of anilines is 1. The first kappa shape index (κ1) is 22.0. The highest BCUT2D eigenvalue weighted by molar-refractivity contribution is 7.14. The molecule has 0 aliphatic carbocycles. The Morgan fingerprint density at radius 1 is 1.00 bits per heavy atom. The molecule has 3 aromatic rings. The van der Waals surface area contributed by atoms with Gasteiger partial charge in [0.1, 0.15) is 22.9 Å². The van der Waals surface area contributed by atoms with Gasteiger partial charge in [-0.25, -0.2) is 13.8 Å². The lowest BCUT2D eigenvalue weighted by Crippen LogP contribution is -2.44. The van der Waals surface area contributed by atoms with Gasteiger partial charge in [-0.2, -0.15) is 0 Å². The van der Waals surface area contributed by atoms with E-state index in [1.54, 1.807) is 0 Å². The number of amides is 2. The Labute approximate surface area is 188 Å². The Morgan fingerprint density at radius 2 is 1.69 bits per heavy atom. The summed E-state index contributed by atoms with van der Waals surface area (Å²) in [6.45, 7) is 2.65. The van der Waals surface area contributed by atoms with Crippen molar-refractivity contribution in [2.24, 2.45) is 0 Å². The third-order valence-corrected chi connectivity index (χ3v) is 6.08. The molecule has 0 unspecified atom stereocenters. The molecule has 1 fully saturated rings. The fourth-order valence-corrected chi connectivity index (χ4v) is 4.33. The molecule has 0 radical (unpaired) electrons. The lowest BCUT2D eigenvalue weighted by atomic mass is 10.0. The fourth-order valence-electron chi connectivity index (χ4n) is 3.65. The summed E-state index contributed by atoms with van der Waals surface area (Å²) in [6, 6.07) is 13.5. The average Bonchev–Trinajstić information content (AvgIpc) is 3.24. The second-order valence-corrected chi connectivity index (χ2v) is 8.46.